The van der Waals surface area contributed by atoms with Crippen LogP contribution in [0.5, 0.6) is 0 Å². The maximum atomic E-state index is 12.5. The number of aromatic nitrogens is 3. The molecule has 0 saturated heterocycles. The molecule has 176 valence electrons. The minimum atomic E-state index is -0.621. The number of carbonyl (C=O) groups excluding carboxylic acids is 2. The second kappa shape index (κ2) is 9.30. The Hall–Kier alpha value is -3.65. The molecular formula is C25H25ClN4O4. The lowest BCUT2D eigenvalue weighted by Gasteiger charge is -2.20. The highest BCUT2D eigenvalue weighted by atomic mass is 35.5. The number of hydrogen-bond donors (Lipinski definition) is 1. The van der Waals surface area contributed by atoms with Crippen LogP contribution in [-0.2, 0) is 14.3 Å². The first-order valence-electron chi connectivity index (χ1n) is 10.9. The van der Waals surface area contributed by atoms with Crippen molar-refractivity contribution in [3.63, 3.8) is 0 Å². The maximum absolute atomic E-state index is 12.5. The van der Waals surface area contributed by atoms with Crippen molar-refractivity contribution in [2.75, 3.05) is 18.5 Å². The van der Waals surface area contributed by atoms with Gasteiger partial charge in [-0.25, -0.2) is 9.78 Å². The Kier molecular flexibility index (Phi) is 6.43. The normalized spacial score (nSPS) is 11.6. The number of pyridine rings is 2. The summed E-state index contributed by atoms with van der Waals surface area (Å²) in [5, 5.41) is 5.19. The number of carbonyl (C=O) groups is 2. The monoisotopic (exact) mass is 480 g/mol. The molecular weight excluding hydrogens is 456 g/mol. The van der Waals surface area contributed by atoms with Gasteiger partial charge in [-0.2, -0.15) is 0 Å². The molecule has 0 bridgehead atoms. The van der Waals surface area contributed by atoms with Crippen LogP contribution < -0.4 is 5.32 Å². The first-order valence-corrected chi connectivity index (χ1v) is 11.2. The predicted octanol–water partition coefficient (Wildman–Crippen LogP) is 5.13. The van der Waals surface area contributed by atoms with Gasteiger partial charge in [0.1, 0.15) is 17.3 Å². The van der Waals surface area contributed by atoms with Crippen molar-refractivity contribution in [1.29, 1.82) is 0 Å². The minimum Gasteiger partial charge on any atom is -0.461 e. The third-order valence-electron chi connectivity index (χ3n) is 4.96. The Bertz CT molecular complexity index is 1390. The van der Waals surface area contributed by atoms with E-state index < -0.39 is 17.5 Å². The molecule has 34 heavy (non-hydrogen) atoms. The molecule has 3 aromatic heterocycles. The van der Waals surface area contributed by atoms with Crippen LogP contribution in [0.4, 0.5) is 5.69 Å². The van der Waals surface area contributed by atoms with Crippen molar-refractivity contribution in [2.24, 2.45) is 0 Å². The summed E-state index contributed by atoms with van der Waals surface area (Å²) in [6, 6.07) is 11.5. The summed E-state index contributed by atoms with van der Waals surface area (Å²) in [7, 11) is 0. The van der Waals surface area contributed by atoms with E-state index >= 15 is 0 Å². The highest BCUT2D eigenvalue weighted by molar-refractivity contribution is 6.33. The number of nitrogens with one attached hydrogen (secondary N) is 1. The summed E-state index contributed by atoms with van der Waals surface area (Å²) in [6.07, 6.45) is 3.52. The fourth-order valence-electron chi connectivity index (χ4n) is 3.59. The third-order valence-corrected chi connectivity index (χ3v) is 5.31. The van der Waals surface area contributed by atoms with Gasteiger partial charge in [0.2, 0.25) is 0 Å². The second-order valence-electron chi connectivity index (χ2n) is 8.64. The van der Waals surface area contributed by atoms with Gasteiger partial charge < -0.3 is 14.8 Å². The molecule has 0 unspecified atom stereocenters. The van der Waals surface area contributed by atoms with E-state index in [-0.39, 0.29) is 24.0 Å². The average Bonchev–Trinajstić information content (AvgIpc) is 3.14. The van der Waals surface area contributed by atoms with E-state index in [1.54, 1.807) is 50.6 Å². The van der Waals surface area contributed by atoms with Crippen molar-refractivity contribution in [3.05, 3.63) is 59.6 Å². The molecule has 9 heteroatoms. The maximum Gasteiger partial charge on any atom is 0.360 e. The number of imidazole rings is 1. The van der Waals surface area contributed by atoms with Gasteiger partial charge in [-0.1, -0.05) is 23.7 Å². The molecule has 1 N–H and O–H groups in total. The molecule has 0 radical (unpaired) electrons. The van der Waals surface area contributed by atoms with Crippen LogP contribution in [0.25, 0.3) is 27.7 Å². The minimum absolute atomic E-state index is 0.00118. The van der Waals surface area contributed by atoms with Crippen molar-refractivity contribution in [2.45, 2.75) is 33.3 Å². The summed E-state index contributed by atoms with van der Waals surface area (Å²) in [4.78, 5) is 33.4. The fraction of sp³-hybridized carbons (Fsp3) is 0.280. The predicted molar refractivity (Wildman–Crippen MR) is 131 cm³/mol. The van der Waals surface area contributed by atoms with E-state index in [0.29, 0.717) is 11.3 Å². The number of benzene rings is 1. The number of hydrogen-bond acceptors (Lipinski definition) is 7. The van der Waals surface area contributed by atoms with Gasteiger partial charge >= 0.3 is 11.9 Å². The first kappa shape index (κ1) is 23.5. The second-order valence-corrected chi connectivity index (χ2v) is 9.00. The molecule has 3 heterocycles. The molecule has 4 aromatic rings. The Morgan fingerprint density at radius 1 is 1.12 bits per heavy atom. The number of nitrogens with zero attached hydrogens (tertiary/aromatic N) is 3. The zero-order valence-electron chi connectivity index (χ0n) is 19.4. The fourth-order valence-corrected chi connectivity index (χ4v) is 3.88. The van der Waals surface area contributed by atoms with Crippen LogP contribution >= 0.6 is 11.6 Å². The van der Waals surface area contributed by atoms with Crippen LogP contribution in [0.15, 0.2) is 48.8 Å². The molecule has 0 aliphatic rings. The quantitative estimate of drug-likeness (QED) is 0.382. The van der Waals surface area contributed by atoms with Gasteiger partial charge in [0.05, 0.1) is 18.0 Å². The summed E-state index contributed by atoms with van der Waals surface area (Å²) < 4.78 is 12.2. The molecule has 8 nitrogen and oxygen atoms in total. The summed E-state index contributed by atoms with van der Waals surface area (Å²) in [5.74, 6) is -1.04. The van der Waals surface area contributed by atoms with E-state index in [2.05, 4.69) is 15.3 Å². The largest absolute Gasteiger partial charge is 0.461 e. The number of fused-ring (bicyclic) bond motifs is 2. The Morgan fingerprint density at radius 3 is 2.65 bits per heavy atom. The zero-order valence-corrected chi connectivity index (χ0v) is 20.1. The van der Waals surface area contributed by atoms with Crippen molar-refractivity contribution in [3.8, 4) is 11.3 Å². The molecule has 0 saturated carbocycles. The van der Waals surface area contributed by atoms with Gasteiger partial charge in [0.15, 0.2) is 11.3 Å². The molecule has 0 aliphatic heterocycles. The van der Waals surface area contributed by atoms with Crippen LogP contribution in [0.1, 0.15) is 38.2 Å². The topological polar surface area (TPSA) is 94.8 Å². The average molecular weight is 481 g/mol. The van der Waals surface area contributed by atoms with Crippen LogP contribution in [0, 0.1) is 0 Å². The molecule has 1 aromatic carbocycles. The standard InChI is InChI=1S/C25H25ClN4O4/c1-5-33-24(32)21-22(26)30-19(16-6-7-17-13-27-11-10-15(17)12-16)9-8-18(23(30)29-21)28-14-20(31)34-25(2,3)4/h6-13,28H,5,14H2,1-4H3. The molecule has 0 atom stereocenters. The molecule has 0 aliphatic carbocycles. The van der Waals surface area contributed by atoms with E-state index in [1.165, 1.54) is 0 Å². The van der Waals surface area contributed by atoms with E-state index in [4.69, 9.17) is 21.1 Å². The summed E-state index contributed by atoms with van der Waals surface area (Å²) >= 11 is 6.65. The number of rotatable bonds is 6. The summed E-state index contributed by atoms with van der Waals surface area (Å²) in [6.45, 7) is 7.24. The number of anilines is 1. The number of halogens is 1. The van der Waals surface area contributed by atoms with Gasteiger partial charge in [0.25, 0.3) is 0 Å². The molecule has 0 fully saturated rings. The van der Waals surface area contributed by atoms with Gasteiger partial charge in [0, 0.05) is 17.8 Å². The SMILES string of the molecule is CCOC(=O)c1nc2c(NCC(=O)OC(C)(C)C)ccc(-c3ccc4cnccc4c3)n2c1Cl. The van der Waals surface area contributed by atoms with Gasteiger partial charge in [-0.3, -0.25) is 14.2 Å². The van der Waals surface area contributed by atoms with Crippen LogP contribution in [0.2, 0.25) is 5.15 Å². The zero-order chi connectivity index (χ0) is 24.5. The summed E-state index contributed by atoms with van der Waals surface area (Å²) in [5.41, 5.74) is 1.92. The Labute approximate surface area is 201 Å². The van der Waals surface area contributed by atoms with E-state index in [0.717, 1.165) is 22.0 Å². The first-order chi connectivity index (χ1) is 16.2. The van der Waals surface area contributed by atoms with Gasteiger partial charge in [-0.15, -0.1) is 0 Å². The van der Waals surface area contributed by atoms with Crippen molar-refractivity contribution >= 4 is 45.6 Å². The van der Waals surface area contributed by atoms with Crippen LogP contribution in [-0.4, -0.2) is 45.1 Å². The highest BCUT2D eigenvalue weighted by Crippen LogP contribution is 2.32. The molecule has 0 spiro atoms. The van der Waals surface area contributed by atoms with E-state index in [9.17, 15) is 9.59 Å². The smallest absolute Gasteiger partial charge is 0.360 e. The number of esters is 2. The highest BCUT2D eigenvalue weighted by Gasteiger charge is 2.23. The lowest BCUT2D eigenvalue weighted by atomic mass is 10.1. The van der Waals surface area contributed by atoms with Crippen molar-refractivity contribution < 1.29 is 19.1 Å². The Morgan fingerprint density at radius 2 is 1.91 bits per heavy atom. The van der Waals surface area contributed by atoms with Gasteiger partial charge in [-0.05, 0) is 62.9 Å². The molecule has 4 rings (SSSR count). The lowest BCUT2D eigenvalue weighted by Crippen LogP contribution is -2.28. The number of ether oxygens (including phenoxy) is 2. The van der Waals surface area contributed by atoms with Crippen LogP contribution in [0.3, 0.4) is 0 Å². The third kappa shape index (κ3) is 4.82. The molecule has 0 amide bonds. The Balaban J connectivity index is 1.81. The lowest BCUT2D eigenvalue weighted by molar-refractivity contribution is -0.152. The van der Waals surface area contributed by atoms with E-state index in [1.807, 2.05) is 30.3 Å². The van der Waals surface area contributed by atoms with Crippen molar-refractivity contribution in [1.82, 2.24) is 14.4 Å².